The molecule has 0 fully saturated rings. The molecule has 0 radical (unpaired) electrons. The summed E-state index contributed by atoms with van der Waals surface area (Å²) in [5.74, 6) is 0. The molecule has 0 saturated carbocycles. The van der Waals surface area contributed by atoms with Crippen molar-refractivity contribution in [2.24, 2.45) is 0 Å². The summed E-state index contributed by atoms with van der Waals surface area (Å²) >= 11 is 0. The van der Waals surface area contributed by atoms with Crippen molar-refractivity contribution in [3.63, 3.8) is 0 Å². The van der Waals surface area contributed by atoms with E-state index in [1.165, 1.54) is 0 Å². The minimum absolute atomic E-state index is 0.217. The number of carbonyl (C=O) groups is 1. The van der Waals surface area contributed by atoms with Crippen LogP contribution in [0.1, 0.15) is 22.5 Å². The molecule has 2 amide bonds. The van der Waals surface area contributed by atoms with E-state index in [0.29, 0.717) is 13.1 Å². The van der Waals surface area contributed by atoms with Crippen LogP contribution >= 0.6 is 0 Å². The third-order valence-electron chi connectivity index (χ3n) is 5.00. The van der Waals surface area contributed by atoms with Crippen LogP contribution in [0.5, 0.6) is 0 Å². The third-order valence-corrected chi connectivity index (χ3v) is 5.00. The van der Waals surface area contributed by atoms with Crippen molar-refractivity contribution >= 4 is 6.03 Å². The van der Waals surface area contributed by atoms with Gasteiger partial charge in [-0.2, -0.15) is 10.2 Å². The van der Waals surface area contributed by atoms with Gasteiger partial charge in [0.05, 0.1) is 17.1 Å². The summed E-state index contributed by atoms with van der Waals surface area (Å²) in [5.41, 5.74) is 5.91. The van der Waals surface area contributed by atoms with E-state index < -0.39 is 0 Å². The molecule has 2 aromatic carbocycles. The molecule has 2 aromatic heterocycles. The van der Waals surface area contributed by atoms with Crippen LogP contribution in [0.4, 0.5) is 4.79 Å². The molecule has 0 aliphatic rings. The summed E-state index contributed by atoms with van der Waals surface area (Å²) in [6, 6.07) is 19.6. The van der Waals surface area contributed by atoms with Gasteiger partial charge in [0.2, 0.25) is 0 Å². The largest absolute Gasteiger partial charge is 0.334 e. The SMILES string of the molecule is Cc1nn(-c2ccccc2)c(C)c1CNC(=O)NCc1cccc(-n2cccn2)c1. The van der Waals surface area contributed by atoms with E-state index >= 15 is 0 Å². The van der Waals surface area contributed by atoms with Gasteiger partial charge in [-0.15, -0.1) is 0 Å². The fraction of sp³-hybridized carbons (Fsp3) is 0.174. The zero-order valence-corrected chi connectivity index (χ0v) is 17.0. The Balaban J connectivity index is 1.36. The molecule has 2 N–H and O–H groups in total. The molecule has 152 valence electrons. The first-order valence-electron chi connectivity index (χ1n) is 9.83. The van der Waals surface area contributed by atoms with Gasteiger partial charge in [-0.1, -0.05) is 30.3 Å². The molecule has 0 aliphatic carbocycles. The number of hydrogen-bond donors (Lipinski definition) is 2. The van der Waals surface area contributed by atoms with E-state index in [-0.39, 0.29) is 6.03 Å². The van der Waals surface area contributed by atoms with Crippen molar-refractivity contribution in [1.29, 1.82) is 0 Å². The Bertz CT molecular complexity index is 1130. The second-order valence-electron chi connectivity index (χ2n) is 7.05. The lowest BCUT2D eigenvalue weighted by molar-refractivity contribution is 0.240. The maximum absolute atomic E-state index is 12.3. The highest BCUT2D eigenvalue weighted by Crippen LogP contribution is 2.17. The highest BCUT2D eigenvalue weighted by atomic mass is 16.2. The Kier molecular flexibility index (Phi) is 5.61. The molecule has 0 unspecified atom stereocenters. The van der Waals surface area contributed by atoms with Crippen LogP contribution in [-0.4, -0.2) is 25.6 Å². The highest BCUT2D eigenvalue weighted by Gasteiger charge is 2.13. The van der Waals surface area contributed by atoms with Gasteiger partial charge in [-0.3, -0.25) is 0 Å². The van der Waals surface area contributed by atoms with Crippen molar-refractivity contribution in [2.45, 2.75) is 26.9 Å². The van der Waals surface area contributed by atoms with E-state index in [1.54, 1.807) is 10.9 Å². The fourth-order valence-corrected chi connectivity index (χ4v) is 3.40. The lowest BCUT2D eigenvalue weighted by Gasteiger charge is -2.10. The molecule has 4 aromatic rings. The molecule has 0 saturated heterocycles. The van der Waals surface area contributed by atoms with Gasteiger partial charge in [0, 0.05) is 36.7 Å². The summed E-state index contributed by atoms with van der Waals surface area (Å²) in [6.07, 6.45) is 3.63. The van der Waals surface area contributed by atoms with Crippen molar-refractivity contribution in [3.05, 3.63) is 95.6 Å². The van der Waals surface area contributed by atoms with Gasteiger partial charge in [0.15, 0.2) is 0 Å². The first-order chi connectivity index (χ1) is 14.6. The van der Waals surface area contributed by atoms with Crippen molar-refractivity contribution in [3.8, 4) is 11.4 Å². The Morgan fingerprint density at radius 2 is 1.70 bits per heavy atom. The first kappa shape index (κ1) is 19.4. The number of benzene rings is 2. The number of rotatable bonds is 6. The van der Waals surface area contributed by atoms with Crippen LogP contribution in [-0.2, 0) is 13.1 Å². The van der Waals surface area contributed by atoms with E-state index in [4.69, 9.17) is 0 Å². The Labute approximate surface area is 175 Å². The summed E-state index contributed by atoms with van der Waals surface area (Å²) in [6.45, 7) is 4.83. The van der Waals surface area contributed by atoms with E-state index in [2.05, 4.69) is 20.8 Å². The van der Waals surface area contributed by atoms with Gasteiger partial charge < -0.3 is 10.6 Å². The van der Waals surface area contributed by atoms with Gasteiger partial charge in [-0.05, 0) is 49.7 Å². The number of hydrogen-bond acceptors (Lipinski definition) is 3. The molecule has 30 heavy (non-hydrogen) atoms. The highest BCUT2D eigenvalue weighted by molar-refractivity contribution is 5.73. The predicted octanol–water partition coefficient (Wildman–Crippen LogP) is 3.67. The molecule has 2 heterocycles. The lowest BCUT2D eigenvalue weighted by atomic mass is 10.2. The summed E-state index contributed by atoms with van der Waals surface area (Å²) in [5, 5.41) is 14.7. The number of urea groups is 1. The second-order valence-corrected chi connectivity index (χ2v) is 7.05. The number of nitrogens with one attached hydrogen (secondary N) is 2. The van der Waals surface area contributed by atoms with Crippen molar-refractivity contribution < 1.29 is 4.79 Å². The van der Waals surface area contributed by atoms with Crippen LogP contribution < -0.4 is 10.6 Å². The van der Waals surface area contributed by atoms with Crippen LogP contribution in [0.25, 0.3) is 11.4 Å². The number of amides is 2. The maximum atomic E-state index is 12.3. The Morgan fingerprint density at radius 1 is 0.933 bits per heavy atom. The predicted molar refractivity (Wildman–Crippen MR) is 116 cm³/mol. The number of carbonyl (C=O) groups excluding carboxylic acids is 1. The fourth-order valence-electron chi connectivity index (χ4n) is 3.40. The molecule has 0 aliphatic heterocycles. The van der Waals surface area contributed by atoms with Crippen molar-refractivity contribution in [1.82, 2.24) is 30.2 Å². The summed E-state index contributed by atoms with van der Waals surface area (Å²) < 4.78 is 3.70. The van der Waals surface area contributed by atoms with Crippen LogP contribution in [0.15, 0.2) is 73.1 Å². The minimum atomic E-state index is -0.217. The standard InChI is InChI=1S/C23H24N6O/c1-17-22(18(2)29(27-17)20-9-4-3-5-10-20)16-25-23(30)24-15-19-8-6-11-21(14-19)28-13-7-12-26-28/h3-14H,15-16H2,1-2H3,(H2,24,25,30). The summed E-state index contributed by atoms with van der Waals surface area (Å²) in [7, 11) is 0. The molecule has 0 spiro atoms. The zero-order chi connectivity index (χ0) is 20.9. The summed E-state index contributed by atoms with van der Waals surface area (Å²) in [4.78, 5) is 12.3. The smallest absolute Gasteiger partial charge is 0.315 e. The van der Waals surface area contributed by atoms with Crippen molar-refractivity contribution in [2.75, 3.05) is 0 Å². The lowest BCUT2D eigenvalue weighted by Crippen LogP contribution is -2.34. The molecular weight excluding hydrogens is 376 g/mol. The molecule has 4 rings (SSSR count). The zero-order valence-electron chi connectivity index (χ0n) is 17.0. The second kappa shape index (κ2) is 8.65. The van der Waals surface area contributed by atoms with Gasteiger partial charge in [0.1, 0.15) is 0 Å². The number of nitrogens with zero attached hydrogens (tertiary/aromatic N) is 4. The van der Waals surface area contributed by atoms with Gasteiger partial charge in [0.25, 0.3) is 0 Å². The monoisotopic (exact) mass is 400 g/mol. The third kappa shape index (κ3) is 4.25. The average molecular weight is 400 g/mol. The quantitative estimate of drug-likeness (QED) is 0.518. The normalized spacial score (nSPS) is 10.7. The Hall–Kier alpha value is -3.87. The van der Waals surface area contributed by atoms with Gasteiger partial charge >= 0.3 is 6.03 Å². The Morgan fingerprint density at radius 3 is 2.47 bits per heavy atom. The van der Waals surface area contributed by atoms with E-state index in [9.17, 15) is 4.79 Å². The minimum Gasteiger partial charge on any atom is -0.334 e. The number of aryl methyl sites for hydroxylation is 1. The van der Waals surface area contributed by atoms with E-state index in [0.717, 1.165) is 33.9 Å². The van der Waals surface area contributed by atoms with Gasteiger partial charge in [-0.25, -0.2) is 14.2 Å². The number of aromatic nitrogens is 4. The molecular formula is C23H24N6O. The van der Waals surface area contributed by atoms with Crippen LogP contribution in [0.2, 0.25) is 0 Å². The molecule has 7 nitrogen and oxygen atoms in total. The first-order valence-corrected chi connectivity index (χ1v) is 9.83. The average Bonchev–Trinajstić information content (AvgIpc) is 3.40. The maximum Gasteiger partial charge on any atom is 0.315 e. The van der Waals surface area contributed by atoms with E-state index in [1.807, 2.05) is 85.4 Å². The molecule has 7 heteroatoms. The number of para-hydroxylation sites is 1. The topological polar surface area (TPSA) is 76.8 Å². The van der Waals surface area contributed by atoms with Crippen LogP contribution in [0.3, 0.4) is 0 Å². The van der Waals surface area contributed by atoms with Crippen LogP contribution in [0, 0.1) is 13.8 Å². The molecule has 0 bridgehead atoms. The molecule has 0 atom stereocenters.